The number of carbonyl (C=O) groups is 2. The van der Waals surface area contributed by atoms with Crippen molar-refractivity contribution in [3.05, 3.63) is 34.3 Å². The number of thiazole rings is 1. The van der Waals surface area contributed by atoms with Crippen LogP contribution in [0.4, 0.5) is 10.8 Å². The van der Waals surface area contributed by atoms with Gasteiger partial charge in [-0.25, -0.2) is 4.98 Å². The molecule has 136 valence electrons. The second kappa shape index (κ2) is 6.09. The lowest BCUT2D eigenvalue weighted by molar-refractivity contribution is -0.143. The normalized spacial score (nSPS) is 24.1. The van der Waals surface area contributed by atoms with Gasteiger partial charge in [0.2, 0.25) is 0 Å². The lowest BCUT2D eigenvalue weighted by Crippen LogP contribution is -2.56. The number of aryl methyl sites for hydroxylation is 2. The first-order valence-corrected chi connectivity index (χ1v) is 9.58. The quantitative estimate of drug-likeness (QED) is 0.794. The van der Waals surface area contributed by atoms with Crippen LogP contribution in [0.3, 0.4) is 0 Å². The van der Waals surface area contributed by atoms with Crippen LogP contribution in [-0.2, 0) is 22.4 Å². The average molecular weight is 371 g/mol. The SMILES string of the molecule is Cc1ccc2c(c1)NC(=O)C(C)(C(=O)Nc1nc3c(s1)CC(C)CC3)O2. The molecule has 7 heteroatoms. The number of ether oxygens (including phenoxy) is 1. The van der Waals surface area contributed by atoms with E-state index in [9.17, 15) is 9.59 Å². The molecule has 26 heavy (non-hydrogen) atoms. The number of anilines is 2. The van der Waals surface area contributed by atoms with Crippen molar-refractivity contribution in [1.29, 1.82) is 0 Å². The van der Waals surface area contributed by atoms with E-state index in [-0.39, 0.29) is 0 Å². The molecule has 2 atom stereocenters. The van der Waals surface area contributed by atoms with E-state index in [2.05, 4.69) is 22.5 Å². The largest absolute Gasteiger partial charge is 0.466 e. The van der Waals surface area contributed by atoms with Gasteiger partial charge in [-0.2, -0.15) is 0 Å². The van der Waals surface area contributed by atoms with Crippen molar-refractivity contribution in [1.82, 2.24) is 4.98 Å². The molecule has 0 fully saturated rings. The highest BCUT2D eigenvalue weighted by atomic mass is 32.1. The zero-order valence-electron chi connectivity index (χ0n) is 15.0. The van der Waals surface area contributed by atoms with Crippen LogP contribution in [0.1, 0.15) is 36.4 Å². The Hall–Kier alpha value is -2.41. The zero-order chi connectivity index (χ0) is 18.5. The summed E-state index contributed by atoms with van der Waals surface area (Å²) in [5.41, 5.74) is 1.01. The summed E-state index contributed by atoms with van der Waals surface area (Å²) in [6, 6.07) is 5.46. The van der Waals surface area contributed by atoms with Gasteiger partial charge < -0.3 is 10.1 Å². The van der Waals surface area contributed by atoms with Crippen LogP contribution in [0.5, 0.6) is 5.75 Å². The van der Waals surface area contributed by atoms with Crippen molar-refractivity contribution in [3.8, 4) is 5.75 Å². The molecular formula is C19H21N3O3S. The van der Waals surface area contributed by atoms with Gasteiger partial charge in [-0.3, -0.25) is 14.9 Å². The molecule has 1 aliphatic carbocycles. The van der Waals surface area contributed by atoms with E-state index in [1.807, 2.05) is 19.1 Å². The van der Waals surface area contributed by atoms with Gasteiger partial charge in [-0.15, -0.1) is 11.3 Å². The molecule has 2 aromatic rings. The molecule has 0 spiro atoms. The summed E-state index contributed by atoms with van der Waals surface area (Å²) < 4.78 is 5.79. The average Bonchev–Trinajstić information content (AvgIpc) is 2.97. The zero-order valence-corrected chi connectivity index (χ0v) is 15.8. The molecule has 6 nitrogen and oxygen atoms in total. The smallest absolute Gasteiger partial charge is 0.280 e. The number of carbonyl (C=O) groups excluding carboxylic acids is 2. The van der Waals surface area contributed by atoms with E-state index in [0.717, 1.165) is 30.5 Å². The Morgan fingerprint density at radius 2 is 2.27 bits per heavy atom. The number of hydrogen-bond donors (Lipinski definition) is 2. The van der Waals surface area contributed by atoms with Crippen LogP contribution < -0.4 is 15.4 Å². The summed E-state index contributed by atoms with van der Waals surface area (Å²) in [4.78, 5) is 31.1. The van der Waals surface area contributed by atoms with Crippen molar-refractivity contribution in [2.24, 2.45) is 5.92 Å². The third-order valence-corrected chi connectivity index (χ3v) is 6.01. The summed E-state index contributed by atoms with van der Waals surface area (Å²) in [7, 11) is 0. The fraction of sp³-hybridized carbons (Fsp3) is 0.421. The second-order valence-electron chi connectivity index (χ2n) is 7.28. The van der Waals surface area contributed by atoms with Gasteiger partial charge in [0, 0.05) is 4.88 Å². The van der Waals surface area contributed by atoms with Gasteiger partial charge in [0.15, 0.2) is 5.13 Å². The van der Waals surface area contributed by atoms with Crippen LogP contribution >= 0.6 is 11.3 Å². The Morgan fingerprint density at radius 1 is 1.46 bits per heavy atom. The number of aromatic nitrogens is 1. The molecule has 0 bridgehead atoms. The fourth-order valence-electron chi connectivity index (χ4n) is 3.30. The highest BCUT2D eigenvalue weighted by Gasteiger charge is 2.47. The second-order valence-corrected chi connectivity index (χ2v) is 8.36. The Kier molecular flexibility index (Phi) is 3.99. The van der Waals surface area contributed by atoms with Crippen molar-refractivity contribution in [2.45, 2.75) is 45.6 Å². The van der Waals surface area contributed by atoms with Crippen LogP contribution in [-0.4, -0.2) is 22.4 Å². The van der Waals surface area contributed by atoms with Gasteiger partial charge in [0.25, 0.3) is 17.4 Å². The third kappa shape index (κ3) is 2.86. The molecule has 2 unspecified atom stereocenters. The minimum Gasteiger partial charge on any atom is -0.466 e. The molecule has 0 radical (unpaired) electrons. The van der Waals surface area contributed by atoms with Crippen LogP contribution in [0.2, 0.25) is 0 Å². The summed E-state index contributed by atoms with van der Waals surface area (Å²) in [5, 5.41) is 6.08. The monoisotopic (exact) mass is 371 g/mol. The maximum Gasteiger partial charge on any atom is 0.280 e. The molecule has 2 heterocycles. The first kappa shape index (κ1) is 17.0. The molecular weight excluding hydrogens is 350 g/mol. The molecule has 1 aromatic heterocycles. The van der Waals surface area contributed by atoms with E-state index in [1.54, 1.807) is 6.07 Å². The summed E-state index contributed by atoms with van der Waals surface area (Å²) >= 11 is 1.49. The summed E-state index contributed by atoms with van der Waals surface area (Å²) in [6.07, 6.45) is 3.04. The molecule has 1 aliphatic heterocycles. The van der Waals surface area contributed by atoms with E-state index in [0.29, 0.717) is 22.5 Å². The molecule has 4 rings (SSSR count). The van der Waals surface area contributed by atoms with Crippen LogP contribution in [0.15, 0.2) is 18.2 Å². The number of fused-ring (bicyclic) bond motifs is 2. The Labute approximate surface area is 156 Å². The lowest BCUT2D eigenvalue weighted by Gasteiger charge is -2.33. The maximum atomic E-state index is 12.8. The van der Waals surface area contributed by atoms with Crippen molar-refractivity contribution in [2.75, 3.05) is 10.6 Å². The number of nitrogens with zero attached hydrogens (tertiary/aromatic N) is 1. The van der Waals surface area contributed by atoms with E-state index < -0.39 is 17.4 Å². The standard InChI is InChI=1S/C19H21N3O3S/c1-10-5-7-14-13(8-10)20-16(23)19(3,25-14)17(24)22-18-21-12-6-4-11(2)9-15(12)26-18/h5,7-8,11H,4,6,9H2,1-3H3,(H,20,23)(H,21,22,24). The molecule has 1 aromatic carbocycles. The lowest BCUT2D eigenvalue weighted by atomic mass is 9.93. The van der Waals surface area contributed by atoms with E-state index in [4.69, 9.17) is 4.74 Å². The first-order valence-electron chi connectivity index (χ1n) is 8.76. The highest BCUT2D eigenvalue weighted by Crippen LogP contribution is 2.36. The minimum atomic E-state index is -1.64. The van der Waals surface area contributed by atoms with Crippen molar-refractivity contribution >= 4 is 34.0 Å². The predicted molar refractivity (Wildman–Crippen MR) is 101 cm³/mol. The minimum absolute atomic E-state index is 0.483. The number of amides is 2. The fourth-order valence-corrected chi connectivity index (χ4v) is 4.46. The third-order valence-electron chi connectivity index (χ3n) is 4.97. The van der Waals surface area contributed by atoms with Crippen molar-refractivity contribution in [3.63, 3.8) is 0 Å². The van der Waals surface area contributed by atoms with Crippen LogP contribution in [0, 0.1) is 12.8 Å². The Morgan fingerprint density at radius 3 is 3.08 bits per heavy atom. The van der Waals surface area contributed by atoms with Gasteiger partial charge in [0.1, 0.15) is 5.75 Å². The van der Waals surface area contributed by atoms with E-state index >= 15 is 0 Å². The maximum absolute atomic E-state index is 12.8. The highest BCUT2D eigenvalue weighted by molar-refractivity contribution is 7.15. The van der Waals surface area contributed by atoms with Gasteiger partial charge in [0.05, 0.1) is 11.4 Å². The Balaban J connectivity index is 1.56. The number of rotatable bonds is 2. The molecule has 0 saturated heterocycles. The van der Waals surface area contributed by atoms with Crippen LogP contribution in [0.25, 0.3) is 0 Å². The molecule has 2 N–H and O–H groups in total. The van der Waals surface area contributed by atoms with Gasteiger partial charge in [-0.05, 0) is 56.7 Å². The summed E-state index contributed by atoms with van der Waals surface area (Å²) in [5.74, 6) is 0.125. The molecule has 2 aliphatic rings. The van der Waals surface area contributed by atoms with Gasteiger partial charge in [-0.1, -0.05) is 13.0 Å². The molecule has 2 amide bonds. The van der Waals surface area contributed by atoms with Crippen molar-refractivity contribution < 1.29 is 14.3 Å². The predicted octanol–water partition coefficient (Wildman–Crippen LogP) is 3.30. The molecule has 0 saturated carbocycles. The van der Waals surface area contributed by atoms with E-state index in [1.165, 1.54) is 23.1 Å². The Bertz CT molecular complexity index is 907. The number of benzene rings is 1. The first-order chi connectivity index (χ1) is 12.3. The summed E-state index contributed by atoms with van der Waals surface area (Å²) in [6.45, 7) is 5.63. The topological polar surface area (TPSA) is 80.3 Å². The number of nitrogens with one attached hydrogen (secondary N) is 2. The number of hydrogen-bond acceptors (Lipinski definition) is 5. The van der Waals surface area contributed by atoms with Gasteiger partial charge >= 0.3 is 0 Å².